The number of ether oxygens (including phenoxy) is 2. The fourth-order valence-corrected chi connectivity index (χ4v) is 2.79. The molecule has 1 amide bonds. The van der Waals surface area contributed by atoms with Gasteiger partial charge >= 0.3 is 0 Å². The van der Waals surface area contributed by atoms with Gasteiger partial charge in [0.2, 0.25) is 0 Å². The Morgan fingerprint density at radius 2 is 2.04 bits per heavy atom. The molecule has 5 heteroatoms. The van der Waals surface area contributed by atoms with E-state index >= 15 is 0 Å². The zero-order valence-electron chi connectivity index (χ0n) is 13.6. The second-order valence-corrected chi connectivity index (χ2v) is 5.75. The third-order valence-corrected chi connectivity index (χ3v) is 3.94. The van der Waals surface area contributed by atoms with E-state index in [1.807, 2.05) is 59.1 Å². The molecule has 1 atom stereocenters. The highest BCUT2D eigenvalue weighted by Crippen LogP contribution is 2.31. The monoisotopic (exact) mass is 314 g/mol. The molecular weight excluding hydrogens is 292 g/mol. The van der Waals surface area contributed by atoms with Crippen molar-refractivity contribution in [1.82, 2.24) is 9.47 Å². The van der Waals surface area contributed by atoms with Gasteiger partial charge in [-0.1, -0.05) is 19.1 Å². The van der Waals surface area contributed by atoms with Gasteiger partial charge in [0.05, 0.1) is 6.54 Å². The fourth-order valence-electron chi connectivity index (χ4n) is 2.79. The van der Waals surface area contributed by atoms with E-state index in [2.05, 4.69) is 6.92 Å². The second kappa shape index (κ2) is 6.77. The highest BCUT2D eigenvalue weighted by atomic mass is 16.6. The van der Waals surface area contributed by atoms with Gasteiger partial charge in [-0.05, 0) is 30.7 Å². The summed E-state index contributed by atoms with van der Waals surface area (Å²) < 4.78 is 13.6. The van der Waals surface area contributed by atoms with Gasteiger partial charge < -0.3 is 18.9 Å². The number of aromatic nitrogens is 1. The van der Waals surface area contributed by atoms with Crippen LogP contribution in [0.15, 0.2) is 42.6 Å². The highest BCUT2D eigenvalue weighted by Gasteiger charge is 2.26. The van der Waals surface area contributed by atoms with Crippen molar-refractivity contribution in [2.75, 3.05) is 19.7 Å². The van der Waals surface area contributed by atoms with Crippen LogP contribution >= 0.6 is 0 Å². The first-order valence-electron chi connectivity index (χ1n) is 7.98. The van der Waals surface area contributed by atoms with Gasteiger partial charge in [-0.3, -0.25) is 4.79 Å². The number of para-hydroxylation sites is 2. The quantitative estimate of drug-likeness (QED) is 0.852. The van der Waals surface area contributed by atoms with Gasteiger partial charge in [-0.2, -0.15) is 0 Å². The minimum atomic E-state index is -0.152. The molecule has 0 saturated heterocycles. The molecule has 2 heterocycles. The van der Waals surface area contributed by atoms with Crippen molar-refractivity contribution < 1.29 is 14.3 Å². The zero-order valence-corrected chi connectivity index (χ0v) is 13.6. The molecule has 23 heavy (non-hydrogen) atoms. The number of nitrogens with zero attached hydrogens (tertiary/aromatic N) is 2. The molecule has 1 aliphatic heterocycles. The van der Waals surface area contributed by atoms with Gasteiger partial charge in [0.15, 0.2) is 17.6 Å². The molecule has 1 aromatic heterocycles. The second-order valence-electron chi connectivity index (χ2n) is 5.75. The molecule has 0 radical (unpaired) electrons. The van der Waals surface area contributed by atoms with Crippen LogP contribution in [-0.2, 0) is 7.05 Å². The maximum Gasteiger partial charge on any atom is 0.270 e. The molecule has 0 N–H and O–H groups in total. The standard InChI is InChI=1S/C18H22N2O3/c1-3-10-20(18(21)15-7-6-11-19(15)2)12-14-13-22-16-8-4-5-9-17(16)23-14/h4-9,11,14H,3,10,12-13H2,1-2H3. The van der Waals surface area contributed by atoms with Gasteiger partial charge in [-0.15, -0.1) is 0 Å². The number of carbonyl (C=O) groups excluding carboxylic acids is 1. The summed E-state index contributed by atoms with van der Waals surface area (Å²) >= 11 is 0. The van der Waals surface area contributed by atoms with E-state index in [0.29, 0.717) is 25.4 Å². The first-order chi connectivity index (χ1) is 11.2. The van der Waals surface area contributed by atoms with Crippen LogP contribution in [0.2, 0.25) is 0 Å². The van der Waals surface area contributed by atoms with Crippen LogP contribution in [0.1, 0.15) is 23.8 Å². The molecule has 0 saturated carbocycles. The normalized spacial score (nSPS) is 16.2. The summed E-state index contributed by atoms with van der Waals surface area (Å²) in [6, 6.07) is 11.4. The van der Waals surface area contributed by atoms with E-state index in [1.165, 1.54) is 0 Å². The smallest absolute Gasteiger partial charge is 0.270 e. The molecule has 5 nitrogen and oxygen atoms in total. The van der Waals surface area contributed by atoms with E-state index in [9.17, 15) is 4.79 Å². The zero-order chi connectivity index (χ0) is 16.2. The Morgan fingerprint density at radius 1 is 1.26 bits per heavy atom. The Labute approximate surface area is 136 Å². The van der Waals surface area contributed by atoms with Crippen LogP contribution in [0.5, 0.6) is 11.5 Å². The molecule has 3 rings (SSSR count). The molecule has 0 aliphatic carbocycles. The maximum atomic E-state index is 12.7. The average Bonchev–Trinajstić information content (AvgIpc) is 3.00. The Hall–Kier alpha value is -2.43. The van der Waals surface area contributed by atoms with E-state index < -0.39 is 0 Å². The summed E-state index contributed by atoms with van der Waals surface area (Å²) in [6.45, 7) is 3.74. The predicted molar refractivity (Wildman–Crippen MR) is 88.0 cm³/mol. The lowest BCUT2D eigenvalue weighted by Crippen LogP contribution is -2.44. The number of aryl methyl sites for hydroxylation is 1. The number of benzene rings is 1. The van der Waals surface area contributed by atoms with Crippen molar-refractivity contribution >= 4 is 5.91 Å². The van der Waals surface area contributed by atoms with Crippen molar-refractivity contribution in [3.05, 3.63) is 48.3 Å². The number of rotatable bonds is 5. The number of hydrogen-bond donors (Lipinski definition) is 0. The van der Waals surface area contributed by atoms with Crippen LogP contribution in [0, 0.1) is 0 Å². The number of carbonyl (C=O) groups is 1. The van der Waals surface area contributed by atoms with Gasteiger partial charge in [0, 0.05) is 19.8 Å². The lowest BCUT2D eigenvalue weighted by Gasteiger charge is -2.31. The molecule has 122 valence electrons. The minimum Gasteiger partial charge on any atom is -0.486 e. The maximum absolute atomic E-state index is 12.7. The largest absolute Gasteiger partial charge is 0.486 e. The number of fused-ring (bicyclic) bond motifs is 1. The van der Waals surface area contributed by atoms with Crippen LogP contribution in [0.3, 0.4) is 0 Å². The van der Waals surface area contributed by atoms with E-state index in [0.717, 1.165) is 17.9 Å². The van der Waals surface area contributed by atoms with E-state index in [1.54, 1.807) is 0 Å². The third kappa shape index (κ3) is 3.33. The van der Waals surface area contributed by atoms with Gasteiger partial charge in [0.25, 0.3) is 5.91 Å². The topological polar surface area (TPSA) is 43.7 Å². The Morgan fingerprint density at radius 3 is 2.74 bits per heavy atom. The molecule has 0 spiro atoms. The number of hydrogen-bond acceptors (Lipinski definition) is 3. The molecule has 0 bridgehead atoms. The van der Waals surface area contributed by atoms with Crippen molar-refractivity contribution in [2.24, 2.45) is 7.05 Å². The van der Waals surface area contributed by atoms with Crippen molar-refractivity contribution in [3.8, 4) is 11.5 Å². The molecular formula is C18H22N2O3. The Kier molecular flexibility index (Phi) is 4.55. The minimum absolute atomic E-state index is 0.0295. The average molecular weight is 314 g/mol. The van der Waals surface area contributed by atoms with Crippen molar-refractivity contribution in [3.63, 3.8) is 0 Å². The first kappa shape index (κ1) is 15.5. The Balaban J connectivity index is 1.71. The summed E-state index contributed by atoms with van der Waals surface area (Å²) in [5.41, 5.74) is 0.690. The van der Waals surface area contributed by atoms with Crippen LogP contribution in [-0.4, -0.2) is 41.2 Å². The first-order valence-corrected chi connectivity index (χ1v) is 7.98. The predicted octanol–water partition coefficient (Wildman–Crippen LogP) is 2.72. The lowest BCUT2D eigenvalue weighted by molar-refractivity contribution is 0.0456. The lowest BCUT2D eigenvalue weighted by atomic mass is 10.2. The van der Waals surface area contributed by atoms with E-state index in [-0.39, 0.29) is 12.0 Å². The van der Waals surface area contributed by atoms with Crippen LogP contribution < -0.4 is 9.47 Å². The molecule has 2 aromatic rings. The summed E-state index contributed by atoms with van der Waals surface area (Å²) in [4.78, 5) is 14.6. The van der Waals surface area contributed by atoms with Crippen LogP contribution in [0.25, 0.3) is 0 Å². The number of amides is 1. The molecule has 1 aliphatic rings. The molecule has 1 unspecified atom stereocenters. The Bertz CT molecular complexity index is 680. The molecule has 0 fully saturated rings. The third-order valence-electron chi connectivity index (χ3n) is 3.94. The van der Waals surface area contributed by atoms with E-state index in [4.69, 9.17) is 9.47 Å². The summed E-state index contributed by atoms with van der Waals surface area (Å²) in [7, 11) is 1.88. The van der Waals surface area contributed by atoms with Crippen molar-refractivity contribution in [2.45, 2.75) is 19.4 Å². The highest BCUT2D eigenvalue weighted by molar-refractivity contribution is 5.92. The van der Waals surface area contributed by atoms with Crippen molar-refractivity contribution in [1.29, 1.82) is 0 Å². The summed E-state index contributed by atoms with van der Waals surface area (Å²) in [5.74, 6) is 1.54. The molecule has 1 aromatic carbocycles. The SMILES string of the molecule is CCCN(CC1COc2ccccc2O1)C(=O)c1cccn1C. The van der Waals surface area contributed by atoms with Gasteiger partial charge in [0.1, 0.15) is 12.3 Å². The summed E-state index contributed by atoms with van der Waals surface area (Å²) in [6.07, 6.45) is 2.63. The fraction of sp³-hybridized carbons (Fsp3) is 0.389. The summed E-state index contributed by atoms with van der Waals surface area (Å²) in [5, 5.41) is 0. The van der Waals surface area contributed by atoms with Crippen LogP contribution in [0.4, 0.5) is 0 Å². The van der Waals surface area contributed by atoms with Gasteiger partial charge in [-0.25, -0.2) is 0 Å².